The summed E-state index contributed by atoms with van der Waals surface area (Å²) in [5.74, 6) is 0.0109. The van der Waals surface area contributed by atoms with Crippen LogP contribution in [-0.2, 0) is 0 Å². The van der Waals surface area contributed by atoms with Crippen molar-refractivity contribution in [3.05, 3.63) is 12.5 Å². The molecular formula is C5H4N5. The molecule has 0 aliphatic heterocycles. The summed E-state index contributed by atoms with van der Waals surface area (Å²) in [5.41, 5.74) is 8.35. The third-order valence-corrected chi connectivity index (χ3v) is 1.17. The van der Waals surface area contributed by atoms with Crippen molar-refractivity contribution < 1.29 is 0 Å². The maximum Gasteiger partial charge on any atom is 0.243 e. The minimum absolute atomic E-state index is 0.0109. The van der Waals surface area contributed by atoms with Crippen LogP contribution in [0, 0.1) is 0 Å². The van der Waals surface area contributed by atoms with Crippen molar-refractivity contribution in [2.45, 2.75) is 0 Å². The first-order chi connectivity index (χ1) is 4.86. The lowest BCUT2D eigenvalue weighted by molar-refractivity contribution is 1.14. The van der Waals surface area contributed by atoms with Crippen LogP contribution in [0.2, 0.25) is 0 Å². The van der Waals surface area contributed by atoms with Gasteiger partial charge in [0.2, 0.25) is 5.95 Å². The van der Waals surface area contributed by atoms with Crippen LogP contribution in [-0.4, -0.2) is 19.9 Å². The molecule has 2 aromatic heterocycles. The number of fused-ring (bicyclic) bond motifs is 1. The average molecular weight is 134 g/mol. The number of hydrogen-bond acceptors (Lipinski definition) is 3. The number of aromatic amines is 1. The second-order valence-corrected chi connectivity index (χ2v) is 1.83. The number of imidazole rings is 1. The van der Waals surface area contributed by atoms with Gasteiger partial charge in [-0.2, -0.15) is 4.98 Å². The Balaban J connectivity index is 2.86. The van der Waals surface area contributed by atoms with Crippen LogP contribution < -0.4 is 5.73 Å². The first-order valence-electron chi connectivity index (χ1n) is 2.74. The number of rotatable bonds is 0. The summed E-state index contributed by atoms with van der Waals surface area (Å²) in [6.07, 6.45) is 3.04. The Kier molecular flexibility index (Phi) is 0.858. The van der Waals surface area contributed by atoms with Gasteiger partial charge in [-0.15, -0.1) is 0 Å². The maximum absolute atomic E-state index is 7.05. The molecule has 2 aromatic rings. The fourth-order valence-electron chi connectivity index (χ4n) is 0.739. The van der Waals surface area contributed by atoms with Gasteiger partial charge in [0.1, 0.15) is 5.52 Å². The predicted octanol–water partition coefficient (Wildman–Crippen LogP) is 0.267. The van der Waals surface area contributed by atoms with Crippen molar-refractivity contribution >= 4 is 17.1 Å². The van der Waals surface area contributed by atoms with Crippen molar-refractivity contribution in [3.63, 3.8) is 0 Å². The van der Waals surface area contributed by atoms with Gasteiger partial charge in [-0.1, -0.05) is 0 Å². The topological polar surface area (TPSA) is 78.3 Å². The number of H-pyrrole nitrogens is 1. The second-order valence-electron chi connectivity index (χ2n) is 1.83. The summed E-state index contributed by atoms with van der Waals surface area (Å²) < 4.78 is 0. The Morgan fingerprint density at radius 1 is 1.40 bits per heavy atom. The lowest BCUT2D eigenvalue weighted by atomic mass is 10.6. The van der Waals surface area contributed by atoms with E-state index in [0.717, 1.165) is 0 Å². The molecule has 2 N–H and O–H groups in total. The van der Waals surface area contributed by atoms with Gasteiger partial charge in [-0.3, -0.25) is 5.73 Å². The molecule has 2 heterocycles. The maximum atomic E-state index is 7.05. The van der Waals surface area contributed by atoms with Gasteiger partial charge in [0.15, 0.2) is 5.65 Å². The van der Waals surface area contributed by atoms with Crippen LogP contribution in [0.15, 0.2) is 12.5 Å². The summed E-state index contributed by atoms with van der Waals surface area (Å²) in [4.78, 5) is 14.1. The molecule has 0 saturated heterocycles. The lowest BCUT2D eigenvalue weighted by Gasteiger charge is -1.86. The smallest absolute Gasteiger partial charge is 0.243 e. The molecule has 2 rings (SSSR count). The first-order valence-corrected chi connectivity index (χ1v) is 2.74. The number of aromatic nitrogens is 4. The van der Waals surface area contributed by atoms with E-state index in [1.54, 1.807) is 0 Å². The van der Waals surface area contributed by atoms with E-state index in [1.807, 2.05) is 0 Å². The Morgan fingerprint density at radius 3 is 3.20 bits per heavy atom. The average Bonchev–Trinajstić information content (AvgIpc) is 2.33. The Morgan fingerprint density at radius 2 is 2.30 bits per heavy atom. The fourth-order valence-corrected chi connectivity index (χ4v) is 0.739. The monoisotopic (exact) mass is 134 g/mol. The van der Waals surface area contributed by atoms with Crippen LogP contribution in [0.4, 0.5) is 5.95 Å². The van der Waals surface area contributed by atoms with Gasteiger partial charge in [0.25, 0.3) is 0 Å². The number of hydrogen-bond donors (Lipinski definition) is 1. The summed E-state index contributed by atoms with van der Waals surface area (Å²) >= 11 is 0. The van der Waals surface area contributed by atoms with Crippen LogP contribution >= 0.6 is 0 Å². The SMILES string of the molecule is [NH]c1ncc2nc[nH]c2n1. The molecule has 0 amide bonds. The Bertz CT molecular complexity index is 352. The molecule has 0 aliphatic carbocycles. The molecule has 0 bridgehead atoms. The molecule has 0 unspecified atom stereocenters. The van der Waals surface area contributed by atoms with Gasteiger partial charge in [-0.25, -0.2) is 9.97 Å². The zero-order valence-electron chi connectivity index (χ0n) is 5.00. The van der Waals surface area contributed by atoms with E-state index in [4.69, 9.17) is 5.73 Å². The molecule has 0 spiro atoms. The molecule has 0 aliphatic rings. The molecule has 1 radical (unpaired) electrons. The van der Waals surface area contributed by atoms with E-state index < -0.39 is 0 Å². The van der Waals surface area contributed by atoms with Gasteiger partial charge in [0.05, 0.1) is 12.5 Å². The van der Waals surface area contributed by atoms with Crippen LogP contribution in [0.1, 0.15) is 0 Å². The van der Waals surface area contributed by atoms with Crippen LogP contribution in [0.5, 0.6) is 0 Å². The molecule has 0 fully saturated rings. The quantitative estimate of drug-likeness (QED) is 0.561. The third kappa shape index (κ3) is 0.604. The highest BCUT2D eigenvalue weighted by molar-refractivity contribution is 5.69. The van der Waals surface area contributed by atoms with Crippen molar-refractivity contribution in [2.75, 3.05) is 0 Å². The standard InChI is InChI=1S/C5H4N5/c6-5-7-1-3-4(10-5)9-2-8-3/h1-2,6H,(H,7,8,9,10). The minimum atomic E-state index is 0.0109. The van der Waals surface area contributed by atoms with Gasteiger partial charge in [-0.05, 0) is 0 Å². The van der Waals surface area contributed by atoms with Crippen molar-refractivity contribution in [1.29, 1.82) is 0 Å². The van der Waals surface area contributed by atoms with E-state index in [-0.39, 0.29) is 5.95 Å². The molecule has 0 saturated carbocycles. The van der Waals surface area contributed by atoms with Crippen LogP contribution in [0.25, 0.3) is 11.2 Å². The largest absolute Gasteiger partial charge is 0.329 e. The van der Waals surface area contributed by atoms with E-state index in [9.17, 15) is 0 Å². The highest BCUT2D eigenvalue weighted by Crippen LogP contribution is 2.04. The zero-order chi connectivity index (χ0) is 6.97. The minimum Gasteiger partial charge on any atom is -0.329 e. The van der Waals surface area contributed by atoms with Gasteiger partial charge >= 0.3 is 0 Å². The normalized spacial score (nSPS) is 10.4. The number of nitrogens with one attached hydrogen (secondary N) is 2. The summed E-state index contributed by atoms with van der Waals surface area (Å²) in [7, 11) is 0. The molecular weight excluding hydrogens is 130 g/mol. The lowest BCUT2D eigenvalue weighted by Crippen LogP contribution is -1.83. The van der Waals surface area contributed by atoms with Crippen molar-refractivity contribution in [3.8, 4) is 0 Å². The first kappa shape index (κ1) is 5.16. The summed E-state index contributed by atoms with van der Waals surface area (Å²) in [6.45, 7) is 0. The molecule has 0 atom stereocenters. The highest BCUT2D eigenvalue weighted by atomic mass is 15.1. The Labute approximate surface area is 56.3 Å². The molecule has 0 aromatic carbocycles. The summed E-state index contributed by atoms with van der Waals surface area (Å²) in [5, 5.41) is 0. The highest BCUT2D eigenvalue weighted by Gasteiger charge is 1.96. The fraction of sp³-hybridized carbons (Fsp3) is 0. The van der Waals surface area contributed by atoms with Gasteiger partial charge in [0, 0.05) is 0 Å². The van der Waals surface area contributed by atoms with E-state index >= 15 is 0 Å². The second kappa shape index (κ2) is 1.66. The van der Waals surface area contributed by atoms with Crippen LogP contribution in [0.3, 0.4) is 0 Å². The Hall–Kier alpha value is -1.65. The zero-order valence-corrected chi connectivity index (χ0v) is 5.00. The van der Waals surface area contributed by atoms with Crippen molar-refractivity contribution in [2.24, 2.45) is 0 Å². The third-order valence-electron chi connectivity index (χ3n) is 1.17. The molecule has 5 heteroatoms. The van der Waals surface area contributed by atoms with E-state index in [0.29, 0.717) is 11.2 Å². The van der Waals surface area contributed by atoms with E-state index in [2.05, 4.69) is 19.9 Å². The van der Waals surface area contributed by atoms with Gasteiger partial charge < -0.3 is 4.98 Å². The predicted molar refractivity (Wildman–Crippen MR) is 34.4 cm³/mol. The molecule has 10 heavy (non-hydrogen) atoms. The van der Waals surface area contributed by atoms with E-state index in [1.165, 1.54) is 12.5 Å². The summed E-state index contributed by atoms with van der Waals surface area (Å²) in [6, 6.07) is 0. The molecule has 5 nitrogen and oxygen atoms in total. The number of nitrogens with zero attached hydrogens (tertiary/aromatic N) is 3. The van der Waals surface area contributed by atoms with Crippen molar-refractivity contribution in [1.82, 2.24) is 25.7 Å². The molecule has 49 valence electrons.